The van der Waals surface area contributed by atoms with Gasteiger partial charge in [-0.2, -0.15) is 0 Å². The van der Waals surface area contributed by atoms with Crippen LogP contribution in [0, 0.1) is 0 Å². The number of hydrogen-bond donors (Lipinski definition) is 2. The summed E-state index contributed by atoms with van der Waals surface area (Å²) in [6, 6.07) is 18.5. The third kappa shape index (κ3) is 6.17. The van der Waals surface area contributed by atoms with Gasteiger partial charge in [0, 0.05) is 31.0 Å². The van der Waals surface area contributed by atoms with E-state index in [2.05, 4.69) is 15.6 Å². The molecule has 0 saturated heterocycles. The fourth-order valence-electron chi connectivity index (χ4n) is 2.83. The van der Waals surface area contributed by atoms with Gasteiger partial charge in [-0.15, -0.1) is 0 Å². The molecule has 0 atom stereocenters. The highest BCUT2D eigenvalue weighted by Crippen LogP contribution is 2.14. The number of benzene rings is 2. The summed E-state index contributed by atoms with van der Waals surface area (Å²) < 4.78 is 5.20. The first-order chi connectivity index (χ1) is 14.1. The first-order valence-electron chi connectivity index (χ1n) is 9.34. The molecule has 3 rings (SSSR count). The molecule has 0 aliphatic carbocycles. The van der Waals surface area contributed by atoms with Crippen LogP contribution < -0.4 is 15.4 Å². The molecule has 1 aromatic heterocycles. The van der Waals surface area contributed by atoms with Crippen molar-refractivity contribution in [3.63, 3.8) is 0 Å². The molecule has 2 N–H and O–H groups in total. The predicted octanol–water partition coefficient (Wildman–Crippen LogP) is 3.59. The molecule has 0 spiro atoms. The summed E-state index contributed by atoms with van der Waals surface area (Å²) in [5, 5.41) is 5.76. The molecule has 2 aromatic carbocycles. The fourth-order valence-corrected chi connectivity index (χ4v) is 2.83. The van der Waals surface area contributed by atoms with Gasteiger partial charge in [0.2, 0.25) is 5.91 Å². The third-order valence-electron chi connectivity index (χ3n) is 4.37. The van der Waals surface area contributed by atoms with Gasteiger partial charge in [0.1, 0.15) is 5.75 Å². The number of pyridine rings is 1. The number of amides is 2. The molecule has 0 unspecified atom stereocenters. The van der Waals surface area contributed by atoms with Crippen molar-refractivity contribution in [2.24, 2.45) is 0 Å². The van der Waals surface area contributed by atoms with E-state index in [-0.39, 0.29) is 11.8 Å². The van der Waals surface area contributed by atoms with E-state index in [0.29, 0.717) is 30.6 Å². The van der Waals surface area contributed by atoms with E-state index in [9.17, 15) is 9.59 Å². The maximum absolute atomic E-state index is 12.2. The quantitative estimate of drug-likeness (QED) is 0.617. The van der Waals surface area contributed by atoms with E-state index in [1.807, 2.05) is 48.5 Å². The van der Waals surface area contributed by atoms with Crippen molar-refractivity contribution >= 4 is 17.5 Å². The molecule has 0 radical (unpaired) electrons. The number of aromatic nitrogens is 1. The molecule has 6 heteroatoms. The summed E-state index contributed by atoms with van der Waals surface area (Å²) in [5.74, 6) is 0.531. The summed E-state index contributed by atoms with van der Waals surface area (Å²) in [6.07, 6.45) is 4.17. The number of carbonyl (C=O) groups is 2. The van der Waals surface area contributed by atoms with Crippen molar-refractivity contribution < 1.29 is 14.3 Å². The minimum Gasteiger partial charge on any atom is -0.497 e. The Morgan fingerprint density at radius 2 is 1.83 bits per heavy atom. The molecule has 0 bridgehead atoms. The van der Waals surface area contributed by atoms with Gasteiger partial charge in [-0.05, 0) is 53.9 Å². The summed E-state index contributed by atoms with van der Waals surface area (Å²) in [5.41, 5.74) is 3.12. The lowest BCUT2D eigenvalue weighted by Crippen LogP contribution is -2.23. The lowest BCUT2D eigenvalue weighted by molar-refractivity contribution is -0.121. The molecule has 6 nitrogen and oxygen atoms in total. The molecule has 1 heterocycles. The Balaban J connectivity index is 1.49. The van der Waals surface area contributed by atoms with E-state index in [0.717, 1.165) is 16.9 Å². The lowest BCUT2D eigenvalue weighted by Gasteiger charge is -2.09. The summed E-state index contributed by atoms with van der Waals surface area (Å²) >= 11 is 0. The van der Waals surface area contributed by atoms with Gasteiger partial charge >= 0.3 is 0 Å². The van der Waals surface area contributed by atoms with Gasteiger partial charge in [0.25, 0.3) is 5.91 Å². The van der Waals surface area contributed by atoms with E-state index >= 15 is 0 Å². The monoisotopic (exact) mass is 389 g/mol. The van der Waals surface area contributed by atoms with Crippen molar-refractivity contribution in [1.29, 1.82) is 0 Å². The van der Waals surface area contributed by atoms with E-state index in [1.165, 1.54) is 6.20 Å². The maximum atomic E-state index is 12.2. The van der Waals surface area contributed by atoms with Crippen LogP contribution in [0.25, 0.3) is 0 Å². The fraction of sp³-hybridized carbons (Fsp3) is 0.174. The Morgan fingerprint density at radius 1 is 1.00 bits per heavy atom. The maximum Gasteiger partial charge on any atom is 0.257 e. The number of rotatable bonds is 8. The molecule has 148 valence electrons. The minimum absolute atomic E-state index is 0.0300. The van der Waals surface area contributed by atoms with Crippen LogP contribution in [-0.4, -0.2) is 23.9 Å². The van der Waals surface area contributed by atoms with Crippen LogP contribution in [0.3, 0.4) is 0 Å². The Bertz CT molecular complexity index is 974. The Kier molecular flexibility index (Phi) is 6.95. The lowest BCUT2D eigenvalue weighted by atomic mass is 10.1. The van der Waals surface area contributed by atoms with Crippen LogP contribution in [0.4, 0.5) is 5.69 Å². The molecule has 0 aliphatic heterocycles. The predicted molar refractivity (Wildman–Crippen MR) is 112 cm³/mol. The standard InChI is InChI=1S/C23H23N3O3/c1-29-21-9-3-5-17(14-21)10-11-22(27)25-15-18-6-2-8-20(13-18)26-23(28)19-7-4-12-24-16-19/h2-9,12-14,16H,10-11,15H2,1H3,(H,25,27)(H,26,28). The number of ether oxygens (including phenoxy) is 1. The summed E-state index contributed by atoms with van der Waals surface area (Å²) in [4.78, 5) is 28.3. The molecule has 3 aromatic rings. The van der Waals surface area contributed by atoms with Crippen molar-refractivity contribution in [1.82, 2.24) is 10.3 Å². The van der Waals surface area contributed by atoms with Gasteiger partial charge in [-0.3, -0.25) is 14.6 Å². The molecular weight excluding hydrogens is 366 g/mol. The number of anilines is 1. The van der Waals surface area contributed by atoms with Crippen LogP contribution in [0.5, 0.6) is 5.75 Å². The van der Waals surface area contributed by atoms with Crippen LogP contribution in [-0.2, 0) is 17.8 Å². The molecule has 2 amide bonds. The first-order valence-corrected chi connectivity index (χ1v) is 9.34. The highest BCUT2D eigenvalue weighted by atomic mass is 16.5. The SMILES string of the molecule is COc1cccc(CCC(=O)NCc2cccc(NC(=O)c3cccnc3)c2)c1. The zero-order chi connectivity index (χ0) is 20.5. The molecule has 0 fully saturated rings. The largest absolute Gasteiger partial charge is 0.497 e. The zero-order valence-corrected chi connectivity index (χ0v) is 16.2. The van der Waals surface area contributed by atoms with Gasteiger partial charge in [-0.25, -0.2) is 0 Å². The van der Waals surface area contributed by atoms with Crippen LogP contribution >= 0.6 is 0 Å². The number of nitrogens with zero attached hydrogens (tertiary/aromatic N) is 1. The normalized spacial score (nSPS) is 10.2. The van der Waals surface area contributed by atoms with Crippen molar-refractivity contribution in [3.8, 4) is 5.75 Å². The third-order valence-corrected chi connectivity index (χ3v) is 4.37. The molecule has 0 aliphatic rings. The highest BCUT2D eigenvalue weighted by Gasteiger charge is 2.07. The summed E-state index contributed by atoms with van der Waals surface area (Å²) in [7, 11) is 1.62. The van der Waals surface area contributed by atoms with Gasteiger partial charge in [0.15, 0.2) is 0 Å². The topological polar surface area (TPSA) is 80.3 Å². The van der Waals surface area contributed by atoms with Gasteiger partial charge in [0.05, 0.1) is 12.7 Å². The van der Waals surface area contributed by atoms with E-state index in [4.69, 9.17) is 4.74 Å². The van der Waals surface area contributed by atoms with Crippen LogP contribution in [0.1, 0.15) is 27.9 Å². The zero-order valence-electron chi connectivity index (χ0n) is 16.2. The first kappa shape index (κ1) is 20.1. The number of methoxy groups -OCH3 is 1. The molecule has 0 saturated carbocycles. The second-order valence-electron chi connectivity index (χ2n) is 6.52. The van der Waals surface area contributed by atoms with Crippen LogP contribution in [0.2, 0.25) is 0 Å². The molecule has 29 heavy (non-hydrogen) atoms. The minimum atomic E-state index is -0.224. The summed E-state index contributed by atoms with van der Waals surface area (Å²) in [6.45, 7) is 0.396. The molecular formula is C23H23N3O3. The number of hydrogen-bond acceptors (Lipinski definition) is 4. The van der Waals surface area contributed by atoms with Crippen molar-refractivity contribution in [2.45, 2.75) is 19.4 Å². The highest BCUT2D eigenvalue weighted by molar-refractivity contribution is 6.04. The van der Waals surface area contributed by atoms with Gasteiger partial charge in [-0.1, -0.05) is 24.3 Å². The Morgan fingerprint density at radius 3 is 2.62 bits per heavy atom. The smallest absolute Gasteiger partial charge is 0.257 e. The van der Waals surface area contributed by atoms with Gasteiger partial charge < -0.3 is 15.4 Å². The second kappa shape index (κ2) is 10.0. The van der Waals surface area contributed by atoms with Crippen molar-refractivity contribution in [2.75, 3.05) is 12.4 Å². The van der Waals surface area contributed by atoms with Crippen LogP contribution in [0.15, 0.2) is 73.1 Å². The number of carbonyl (C=O) groups excluding carboxylic acids is 2. The Hall–Kier alpha value is -3.67. The number of aryl methyl sites for hydroxylation is 1. The second-order valence-corrected chi connectivity index (χ2v) is 6.52. The Labute approximate surface area is 169 Å². The van der Waals surface area contributed by atoms with Crippen molar-refractivity contribution in [3.05, 3.63) is 89.7 Å². The number of nitrogens with one attached hydrogen (secondary N) is 2. The average molecular weight is 389 g/mol. The van der Waals surface area contributed by atoms with E-state index < -0.39 is 0 Å². The van der Waals surface area contributed by atoms with E-state index in [1.54, 1.807) is 25.4 Å². The average Bonchev–Trinajstić information content (AvgIpc) is 2.77.